The summed E-state index contributed by atoms with van der Waals surface area (Å²) in [4.78, 5) is 0. The Balaban J connectivity index is 2.28. The van der Waals surface area contributed by atoms with Crippen molar-refractivity contribution in [2.24, 2.45) is 5.73 Å². The molecular formula is C10H15FN2O. The van der Waals surface area contributed by atoms with Gasteiger partial charge >= 0.3 is 0 Å². The first-order valence-corrected chi connectivity index (χ1v) is 4.55. The Morgan fingerprint density at radius 1 is 1.36 bits per heavy atom. The molecule has 3 nitrogen and oxygen atoms in total. The molecule has 0 bridgehead atoms. The van der Waals surface area contributed by atoms with Crippen LogP contribution in [0.1, 0.15) is 5.56 Å². The van der Waals surface area contributed by atoms with Gasteiger partial charge in [-0.3, -0.25) is 0 Å². The quantitative estimate of drug-likeness (QED) is 0.635. The molecule has 1 unspecified atom stereocenters. The van der Waals surface area contributed by atoms with E-state index in [4.69, 9.17) is 10.8 Å². The second-order valence-electron chi connectivity index (χ2n) is 3.15. The van der Waals surface area contributed by atoms with E-state index in [-0.39, 0.29) is 12.4 Å². The van der Waals surface area contributed by atoms with Crippen molar-refractivity contribution in [3.05, 3.63) is 35.6 Å². The number of hydrogen-bond acceptors (Lipinski definition) is 3. The summed E-state index contributed by atoms with van der Waals surface area (Å²) in [5.74, 6) is -0.240. The van der Waals surface area contributed by atoms with Gasteiger partial charge in [-0.15, -0.1) is 0 Å². The maximum absolute atomic E-state index is 12.5. The third kappa shape index (κ3) is 3.83. The highest BCUT2D eigenvalue weighted by molar-refractivity contribution is 5.15. The van der Waals surface area contributed by atoms with Gasteiger partial charge < -0.3 is 16.2 Å². The van der Waals surface area contributed by atoms with Gasteiger partial charge in [0.25, 0.3) is 0 Å². The van der Waals surface area contributed by atoms with Gasteiger partial charge in [0.1, 0.15) is 5.82 Å². The lowest BCUT2D eigenvalue weighted by molar-refractivity contribution is 0.179. The van der Waals surface area contributed by atoms with Gasteiger partial charge in [0.15, 0.2) is 0 Å². The molecule has 0 spiro atoms. The van der Waals surface area contributed by atoms with E-state index in [2.05, 4.69) is 5.32 Å². The van der Waals surface area contributed by atoms with Gasteiger partial charge in [-0.1, -0.05) is 12.1 Å². The summed E-state index contributed by atoms with van der Waals surface area (Å²) < 4.78 is 12.5. The Labute approximate surface area is 82.7 Å². The average molecular weight is 198 g/mol. The summed E-state index contributed by atoms with van der Waals surface area (Å²) in [5, 5.41) is 12.2. The smallest absolute Gasteiger partial charge is 0.123 e. The third-order valence-electron chi connectivity index (χ3n) is 1.89. The molecule has 78 valence electrons. The second kappa shape index (κ2) is 5.70. The van der Waals surface area contributed by atoms with Crippen molar-refractivity contribution in [2.75, 3.05) is 13.1 Å². The number of aliphatic hydroxyl groups excluding tert-OH is 1. The lowest BCUT2D eigenvalue weighted by Gasteiger charge is -2.08. The van der Waals surface area contributed by atoms with Crippen LogP contribution in [0.4, 0.5) is 4.39 Å². The number of benzene rings is 1. The number of nitrogens with two attached hydrogens (primary N) is 1. The Kier molecular flexibility index (Phi) is 4.52. The Morgan fingerprint density at radius 3 is 2.57 bits per heavy atom. The minimum Gasteiger partial charge on any atom is -0.390 e. The van der Waals surface area contributed by atoms with Crippen LogP contribution in [0.2, 0.25) is 0 Å². The lowest BCUT2D eigenvalue weighted by atomic mass is 10.2. The summed E-state index contributed by atoms with van der Waals surface area (Å²) >= 11 is 0. The first-order valence-electron chi connectivity index (χ1n) is 4.55. The SMILES string of the molecule is NCC(O)CNCc1ccc(F)cc1. The minimum absolute atomic E-state index is 0.240. The van der Waals surface area contributed by atoms with Gasteiger partial charge in [-0.2, -0.15) is 0 Å². The molecule has 0 heterocycles. The molecule has 14 heavy (non-hydrogen) atoms. The molecule has 0 radical (unpaired) electrons. The minimum atomic E-state index is -0.518. The molecular weight excluding hydrogens is 183 g/mol. The number of halogens is 1. The fourth-order valence-corrected chi connectivity index (χ4v) is 1.07. The largest absolute Gasteiger partial charge is 0.390 e. The molecule has 4 N–H and O–H groups in total. The second-order valence-corrected chi connectivity index (χ2v) is 3.15. The molecule has 0 saturated heterocycles. The van der Waals surface area contributed by atoms with Crippen molar-refractivity contribution < 1.29 is 9.50 Å². The molecule has 1 aromatic rings. The van der Waals surface area contributed by atoms with Crippen LogP contribution in [-0.2, 0) is 6.54 Å². The Morgan fingerprint density at radius 2 is 2.00 bits per heavy atom. The maximum Gasteiger partial charge on any atom is 0.123 e. The van der Waals surface area contributed by atoms with E-state index >= 15 is 0 Å². The molecule has 0 aromatic heterocycles. The lowest BCUT2D eigenvalue weighted by Crippen LogP contribution is -2.32. The molecule has 1 aromatic carbocycles. The van der Waals surface area contributed by atoms with Crippen molar-refractivity contribution >= 4 is 0 Å². The zero-order valence-electron chi connectivity index (χ0n) is 7.91. The molecule has 1 atom stereocenters. The molecule has 0 aliphatic carbocycles. The van der Waals surface area contributed by atoms with Crippen LogP contribution >= 0.6 is 0 Å². The Hall–Kier alpha value is -0.970. The van der Waals surface area contributed by atoms with Crippen molar-refractivity contribution in [3.63, 3.8) is 0 Å². The highest BCUT2D eigenvalue weighted by atomic mass is 19.1. The molecule has 4 heteroatoms. The van der Waals surface area contributed by atoms with Crippen LogP contribution in [0, 0.1) is 5.82 Å². The van der Waals surface area contributed by atoms with Gasteiger partial charge in [0, 0.05) is 19.6 Å². The Bertz CT molecular complexity index is 263. The van der Waals surface area contributed by atoms with Crippen LogP contribution in [0.3, 0.4) is 0 Å². The van der Waals surface area contributed by atoms with E-state index in [0.717, 1.165) is 5.56 Å². The molecule has 0 aliphatic rings. The number of aliphatic hydroxyl groups is 1. The molecule has 0 aliphatic heterocycles. The summed E-state index contributed by atoms with van der Waals surface area (Å²) in [6.07, 6.45) is -0.518. The monoisotopic (exact) mass is 198 g/mol. The number of nitrogens with one attached hydrogen (secondary N) is 1. The standard InChI is InChI=1S/C10H15FN2O/c11-9-3-1-8(2-4-9)6-13-7-10(14)5-12/h1-4,10,13-14H,5-7,12H2. The molecule has 0 saturated carbocycles. The van der Waals surface area contributed by atoms with E-state index in [0.29, 0.717) is 13.1 Å². The number of hydrogen-bond donors (Lipinski definition) is 3. The fourth-order valence-electron chi connectivity index (χ4n) is 1.07. The predicted molar refractivity (Wildman–Crippen MR) is 53.2 cm³/mol. The van der Waals surface area contributed by atoms with Gasteiger partial charge in [-0.25, -0.2) is 4.39 Å². The van der Waals surface area contributed by atoms with E-state index in [1.807, 2.05) is 0 Å². The zero-order valence-corrected chi connectivity index (χ0v) is 7.91. The van der Waals surface area contributed by atoms with E-state index < -0.39 is 6.10 Å². The van der Waals surface area contributed by atoms with Crippen molar-refractivity contribution in [1.29, 1.82) is 0 Å². The van der Waals surface area contributed by atoms with E-state index in [1.165, 1.54) is 12.1 Å². The van der Waals surface area contributed by atoms with Crippen molar-refractivity contribution in [1.82, 2.24) is 5.32 Å². The van der Waals surface area contributed by atoms with Gasteiger partial charge in [0.2, 0.25) is 0 Å². The first kappa shape index (κ1) is 11.1. The van der Waals surface area contributed by atoms with Gasteiger partial charge in [-0.05, 0) is 17.7 Å². The topological polar surface area (TPSA) is 58.3 Å². The summed E-state index contributed by atoms with van der Waals surface area (Å²) in [7, 11) is 0. The summed E-state index contributed by atoms with van der Waals surface area (Å²) in [6, 6.07) is 6.24. The van der Waals surface area contributed by atoms with Crippen molar-refractivity contribution in [3.8, 4) is 0 Å². The van der Waals surface area contributed by atoms with Crippen LogP contribution in [0.25, 0.3) is 0 Å². The summed E-state index contributed by atoms with van der Waals surface area (Å²) in [6.45, 7) is 1.31. The van der Waals surface area contributed by atoms with Crippen LogP contribution in [0.5, 0.6) is 0 Å². The first-order chi connectivity index (χ1) is 6.72. The predicted octanol–water partition coefficient (Wildman–Crippen LogP) is 0.235. The molecule has 0 fully saturated rings. The van der Waals surface area contributed by atoms with Crippen LogP contribution in [0.15, 0.2) is 24.3 Å². The normalized spacial score (nSPS) is 12.8. The summed E-state index contributed by atoms with van der Waals surface area (Å²) in [5.41, 5.74) is 6.21. The highest BCUT2D eigenvalue weighted by Gasteiger charge is 1.99. The maximum atomic E-state index is 12.5. The van der Waals surface area contributed by atoms with Crippen LogP contribution < -0.4 is 11.1 Å². The van der Waals surface area contributed by atoms with Gasteiger partial charge in [0.05, 0.1) is 6.10 Å². The van der Waals surface area contributed by atoms with Crippen LogP contribution in [-0.4, -0.2) is 24.3 Å². The zero-order chi connectivity index (χ0) is 10.4. The third-order valence-corrected chi connectivity index (χ3v) is 1.89. The number of rotatable bonds is 5. The van der Waals surface area contributed by atoms with Crippen molar-refractivity contribution in [2.45, 2.75) is 12.6 Å². The fraction of sp³-hybridized carbons (Fsp3) is 0.400. The van der Waals surface area contributed by atoms with E-state index in [9.17, 15) is 4.39 Å². The molecule has 0 amide bonds. The van der Waals surface area contributed by atoms with E-state index in [1.54, 1.807) is 12.1 Å². The average Bonchev–Trinajstić information content (AvgIpc) is 2.21. The molecule has 1 rings (SSSR count). The highest BCUT2D eigenvalue weighted by Crippen LogP contribution is 2.01.